The molecule has 2 aromatic rings. The van der Waals surface area contributed by atoms with Crippen LogP contribution in [0.15, 0.2) is 16.7 Å². The Morgan fingerprint density at radius 3 is 2.95 bits per heavy atom. The number of nitrogens with one attached hydrogen (secondary N) is 1. The molecule has 0 spiro atoms. The Kier molecular flexibility index (Phi) is 3.89. The van der Waals surface area contributed by atoms with Gasteiger partial charge in [0, 0.05) is 43.4 Å². The molecule has 0 aliphatic heterocycles. The minimum Gasteiger partial charge on any atom is -0.466 e. The van der Waals surface area contributed by atoms with Crippen LogP contribution in [0.1, 0.15) is 61.6 Å². The van der Waals surface area contributed by atoms with Gasteiger partial charge in [-0.25, -0.2) is 0 Å². The van der Waals surface area contributed by atoms with Gasteiger partial charge in [-0.3, -0.25) is 4.68 Å². The molecule has 4 heteroatoms. The fourth-order valence-electron chi connectivity index (χ4n) is 3.63. The van der Waals surface area contributed by atoms with Gasteiger partial charge in [-0.15, -0.1) is 0 Å². The van der Waals surface area contributed by atoms with E-state index in [1.54, 1.807) is 0 Å². The summed E-state index contributed by atoms with van der Waals surface area (Å²) < 4.78 is 7.83. The lowest BCUT2D eigenvalue weighted by Gasteiger charge is -2.34. The van der Waals surface area contributed by atoms with E-state index in [-0.39, 0.29) is 5.41 Å². The molecule has 0 bridgehead atoms. The molecular formula is C18H27N3O. The van der Waals surface area contributed by atoms with Crippen LogP contribution in [-0.4, -0.2) is 9.78 Å². The fourth-order valence-corrected chi connectivity index (χ4v) is 3.63. The fraction of sp³-hybridized carbons (Fsp3) is 0.611. The van der Waals surface area contributed by atoms with Crippen molar-refractivity contribution in [2.45, 2.75) is 59.5 Å². The quantitative estimate of drug-likeness (QED) is 0.936. The van der Waals surface area contributed by atoms with Crippen LogP contribution in [0.25, 0.3) is 0 Å². The number of furan rings is 1. The van der Waals surface area contributed by atoms with Crippen LogP contribution in [0.5, 0.6) is 0 Å². The Balaban J connectivity index is 1.79. The highest BCUT2D eigenvalue weighted by Gasteiger charge is 2.34. The predicted molar refractivity (Wildman–Crippen MR) is 87.7 cm³/mol. The molecule has 1 aliphatic rings. The number of hydrogen-bond acceptors (Lipinski definition) is 3. The molecular weight excluding hydrogens is 274 g/mol. The molecule has 1 unspecified atom stereocenters. The molecule has 1 N–H and O–H groups in total. The Hall–Kier alpha value is -1.55. The van der Waals surface area contributed by atoms with Crippen molar-refractivity contribution in [3.63, 3.8) is 0 Å². The first-order valence-electron chi connectivity index (χ1n) is 8.22. The zero-order chi connectivity index (χ0) is 15.9. The average Bonchev–Trinajstić information content (AvgIpc) is 2.96. The van der Waals surface area contributed by atoms with Crippen molar-refractivity contribution in [2.75, 3.05) is 0 Å². The molecule has 4 nitrogen and oxygen atoms in total. The summed E-state index contributed by atoms with van der Waals surface area (Å²) >= 11 is 0. The first kappa shape index (κ1) is 15.3. The Morgan fingerprint density at radius 2 is 2.23 bits per heavy atom. The smallest absolute Gasteiger partial charge is 0.109 e. The van der Waals surface area contributed by atoms with Crippen LogP contribution < -0.4 is 5.32 Å². The van der Waals surface area contributed by atoms with Crippen molar-refractivity contribution in [1.29, 1.82) is 0 Å². The minimum absolute atomic E-state index is 0.275. The van der Waals surface area contributed by atoms with E-state index in [1.807, 2.05) is 18.7 Å². The molecule has 0 saturated carbocycles. The number of nitrogens with zero attached hydrogens (tertiary/aromatic N) is 2. The van der Waals surface area contributed by atoms with Crippen LogP contribution >= 0.6 is 0 Å². The van der Waals surface area contributed by atoms with Crippen LogP contribution in [0.3, 0.4) is 0 Å². The first-order chi connectivity index (χ1) is 10.4. The zero-order valence-electron chi connectivity index (χ0n) is 14.4. The summed E-state index contributed by atoms with van der Waals surface area (Å²) in [7, 11) is 1.99. The van der Waals surface area contributed by atoms with Crippen LogP contribution in [0.2, 0.25) is 0 Å². The average molecular weight is 301 g/mol. The van der Waals surface area contributed by atoms with E-state index in [4.69, 9.17) is 4.42 Å². The summed E-state index contributed by atoms with van der Waals surface area (Å²) in [5, 5.41) is 8.27. The number of fused-ring (bicyclic) bond motifs is 1. The largest absolute Gasteiger partial charge is 0.466 e. The molecule has 0 fully saturated rings. The van der Waals surface area contributed by atoms with Crippen molar-refractivity contribution < 1.29 is 4.42 Å². The zero-order valence-corrected chi connectivity index (χ0v) is 14.4. The number of aromatic nitrogens is 2. The van der Waals surface area contributed by atoms with Crippen LogP contribution in [-0.2, 0) is 26.4 Å². The van der Waals surface area contributed by atoms with Gasteiger partial charge in [-0.1, -0.05) is 20.8 Å². The van der Waals surface area contributed by atoms with Gasteiger partial charge in [-0.05, 0) is 31.2 Å². The molecule has 0 amide bonds. The molecule has 1 atom stereocenters. The third-order valence-corrected chi connectivity index (χ3v) is 4.60. The Bertz CT molecular complexity index is 666. The molecule has 0 aromatic carbocycles. The lowest BCUT2D eigenvalue weighted by molar-refractivity contribution is 0.233. The lowest BCUT2D eigenvalue weighted by atomic mass is 9.74. The Morgan fingerprint density at radius 1 is 1.45 bits per heavy atom. The predicted octanol–water partition coefficient (Wildman–Crippen LogP) is 3.69. The van der Waals surface area contributed by atoms with E-state index in [0.29, 0.717) is 6.04 Å². The third-order valence-electron chi connectivity index (χ3n) is 4.60. The first-order valence-corrected chi connectivity index (χ1v) is 8.22. The van der Waals surface area contributed by atoms with Gasteiger partial charge in [0.1, 0.15) is 11.5 Å². The minimum atomic E-state index is 0.275. The van der Waals surface area contributed by atoms with E-state index in [1.165, 1.54) is 16.8 Å². The molecule has 2 aromatic heterocycles. The maximum absolute atomic E-state index is 5.92. The SMILES string of the molecule is CCc1nn(C)cc1CNC1CC(C)(C)Cc2oc(C)cc21. The number of rotatable bonds is 4. The highest BCUT2D eigenvalue weighted by Crippen LogP contribution is 2.42. The topological polar surface area (TPSA) is 43.0 Å². The van der Waals surface area contributed by atoms with E-state index in [0.717, 1.165) is 37.3 Å². The molecule has 1 aliphatic carbocycles. The summed E-state index contributed by atoms with van der Waals surface area (Å²) in [5.41, 5.74) is 4.11. The molecule has 0 saturated heterocycles. The molecule has 2 heterocycles. The van der Waals surface area contributed by atoms with Gasteiger partial charge in [0.15, 0.2) is 0 Å². The third kappa shape index (κ3) is 2.98. The molecule has 22 heavy (non-hydrogen) atoms. The second-order valence-electron chi connectivity index (χ2n) is 7.34. The van der Waals surface area contributed by atoms with Crippen molar-refractivity contribution in [1.82, 2.24) is 15.1 Å². The second-order valence-corrected chi connectivity index (χ2v) is 7.34. The van der Waals surface area contributed by atoms with Crippen molar-refractivity contribution in [3.05, 3.63) is 40.6 Å². The van der Waals surface area contributed by atoms with Gasteiger partial charge < -0.3 is 9.73 Å². The van der Waals surface area contributed by atoms with E-state index < -0.39 is 0 Å². The van der Waals surface area contributed by atoms with Gasteiger partial charge in [0.05, 0.1) is 5.69 Å². The van der Waals surface area contributed by atoms with Gasteiger partial charge in [-0.2, -0.15) is 5.10 Å². The summed E-state index contributed by atoms with van der Waals surface area (Å²) in [6.45, 7) is 9.71. The maximum Gasteiger partial charge on any atom is 0.109 e. The highest BCUT2D eigenvalue weighted by molar-refractivity contribution is 5.29. The standard InChI is InChI=1S/C18H27N3O/c1-6-15-13(11-21(5)20-15)10-19-16-8-18(3,4)9-17-14(16)7-12(2)22-17/h7,11,16,19H,6,8-10H2,1-5H3. The normalized spacial score (nSPS) is 20.1. The van der Waals surface area contributed by atoms with Crippen molar-refractivity contribution >= 4 is 0 Å². The molecule has 120 valence electrons. The summed E-state index contributed by atoms with van der Waals surface area (Å²) in [6.07, 6.45) is 5.27. The number of aryl methyl sites for hydroxylation is 3. The van der Waals surface area contributed by atoms with Crippen LogP contribution in [0.4, 0.5) is 0 Å². The highest BCUT2D eigenvalue weighted by atomic mass is 16.3. The second kappa shape index (κ2) is 5.58. The van der Waals surface area contributed by atoms with Crippen molar-refractivity contribution in [3.8, 4) is 0 Å². The monoisotopic (exact) mass is 301 g/mol. The van der Waals surface area contributed by atoms with Gasteiger partial charge in [0.2, 0.25) is 0 Å². The Labute approximate surface area is 132 Å². The summed E-state index contributed by atoms with van der Waals surface area (Å²) in [4.78, 5) is 0. The summed E-state index contributed by atoms with van der Waals surface area (Å²) in [5.74, 6) is 2.18. The van der Waals surface area contributed by atoms with Crippen LogP contribution in [0, 0.1) is 12.3 Å². The molecule has 3 rings (SSSR count). The van der Waals surface area contributed by atoms with E-state index in [2.05, 4.69) is 43.4 Å². The van der Waals surface area contributed by atoms with Crippen molar-refractivity contribution in [2.24, 2.45) is 12.5 Å². The maximum atomic E-state index is 5.92. The van der Waals surface area contributed by atoms with E-state index in [9.17, 15) is 0 Å². The lowest BCUT2D eigenvalue weighted by Crippen LogP contribution is -2.32. The molecule has 0 radical (unpaired) electrons. The van der Waals surface area contributed by atoms with Gasteiger partial charge in [0.25, 0.3) is 0 Å². The van der Waals surface area contributed by atoms with Gasteiger partial charge >= 0.3 is 0 Å². The number of hydrogen-bond donors (Lipinski definition) is 1. The van der Waals surface area contributed by atoms with E-state index >= 15 is 0 Å². The summed E-state index contributed by atoms with van der Waals surface area (Å²) in [6, 6.07) is 2.56.